The Morgan fingerprint density at radius 2 is 1.02 bits per heavy atom. The van der Waals surface area contributed by atoms with E-state index < -0.39 is 23.3 Å². The maximum absolute atomic E-state index is 15.5. The highest BCUT2D eigenvalue weighted by Crippen LogP contribution is 2.49. The number of benzene rings is 6. The number of unbranched alkanes of at least 4 members (excludes halogenated alkanes) is 1. The van der Waals surface area contributed by atoms with Crippen molar-refractivity contribution in [2.24, 2.45) is 0 Å². The fourth-order valence-corrected chi connectivity index (χ4v) is 6.62. The van der Waals surface area contributed by atoms with Crippen LogP contribution in [-0.2, 0) is 13.1 Å². The van der Waals surface area contributed by atoms with Gasteiger partial charge < -0.3 is 0 Å². The molecule has 0 aliphatic carbocycles. The van der Waals surface area contributed by atoms with Gasteiger partial charge in [0.15, 0.2) is 0 Å². The van der Waals surface area contributed by atoms with Crippen LogP contribution >= 0.6 is 0 Å². The van der Waals surface area contributed by atoms with Gasteiger partial charge in [0.05, 0.1) is 0 Å². The van der Waals surface area contributed by atoms with Crippen LogP contribution in [0.15, 0.2) is 97.1 Å². The van der Waals surface area contributed by atoms with Crippen LogP contribution in [0.2, 0.25) is 0 Å². The molecule has 43 heavy (non-hydrogen) atoms. The highest BCUT2D eigenvalue weighted by Gasteiger charge is 2.29. The molecule has 0 bridgehead atoms. The van der Waals surface area contributed by atoms with Crippen LogP contribution in [0.1, 0.15) is 30.9 Å². The van der Waals surface area contributed by atoms with Crippen LogP contribution in [0.4, 0.5) is 17.6 Å². The summed E-state index contributed by atoms with van der Waals surface area (Å²) in [4.78, 5) is 2.33. The summed E-state index contributed by atoms with van der Waals surface area (Å²) in [5, 5.41) is 3.86. The first-order valence-electron chi connectivity index (χ1n) is 14.7. The Labute approximate surface area is 248 Å². The quantitative estimate of drug-likeness (QED) is 0.185. The fourth-order valence-electron chi connectivity index (χ4n) is 6.62. The number of hydrogen-bond donors (Lipinski definition) is 0. The van der Waals surface area contributed by atoms with E-state index >= 15 is 8.78 Å². The molecule has 5 heteroatoms. The van der Waals surface area contributed by atoms with E-state index in [1.807, 2.05) is 48.5 Å². The molecule has 0 N–H and O–H groups in total. The van der Waals surface area contributed by atoms with Crippen LogP contribution in [0, 0.1) is 23.3 Å². The Balaban J connectivity index is 1.66. The molecule has 0 atom stereocenters. The molecular formula is C38H29F4N. The lowest BCUT2D eigenvalue weighted by Gasteiger charge is -2.23. The Bertz CT molecular complexity index is 1890. The SMILES string of the molecule is CCCCN1Cc2c(-c3ccc(F)cc3F)cc3ccccc3c2-c2c(c(-c3ccc(F)cc3F)cc3ccccc23)C1. The fraction of sp³-hybridized carbons (Fsp3) is 0.158. The second-order valence-electron chi connectivity index (χ2n) is 11.3. The van der Waals surface area contributed by atoms with Crippen molar-refractivity contribution in [3.63, 3.8) is 0 Å². The van der Waals surface area contributed by atoms with Crippen molar-refractivity contribution in [3.05, 3.63) is 131 Å². The minimum atomic E-state index is -0.625. The number of rotatable bonds is 5. The molecule has 0 unspecified atom stereocenters. The second-order valence-corrected chi connectivity index (χ2v) is 11.3. The Hall–Kier alpha value is -4.48. The highest BCUT2D eigenvalue weighted by atomic mass is 19.1. The van der Waals surface area contributed by atoms with E-state index in [-0.39, 0.29) is 0 Å². The van der Waals surface area contributed by atoms with Crippen LogP contribution in [0.5, 0.6) is 0 Å². The maximum Gasteiger partial charge on any atom is 0.133 e. The molecule has 0 radical (unpaired) electrons. The van der Waals surface area contributed by atoms with Crippen molar-refractivity contribution in [2.45, 2.75) is 32.9 Å². The van der Waals surface area contributed by atoms with Gasteiger partial charge in [-0.2, -0.15) is 0 Å². The van der Waals surface area contributed by atoms with Gasteiger partial charge in [0, 0.05) is 36.3 Å². The molecule has 0 spiro atoms. The van der Waals surface area contributed by atoms with E-state index in [2.05, 4.69) is 24.0 Å². The van der Waals surface area contributed by atoms with Crippen molar-refractivity contribution < 1.29 is 17.6 Å². The number of fused-ring (bicyclic) bond motifs is 7. The van der Waals surface area contributed by atoms with Gasteiger partial charge in [0.25, 0.3) is 0 Å². The Kier molecular flexibility index (Phi) is 6.98. The van der Waals surface area contributed by atoms with Gasteiger partial charge in [-0.3, -0.25) is 4.90 Å². The van der Waals surface area contributed by atoms with Crippen molar-refractivity contribution in [1.82, 2.24) is 4.90 Å². The average Bonchev–Trinajstić information content (AvgIpc) is 3.17. The van der Waals surface area contributed by atoms with E-state index in [9.17, 15) is 8.78 Å². The van der Waals surface area contributed by atoms with E-state index in [4.69, 9.17) is 0 Å². The molecule has 6 aromatic rings. The summed E-state index contributed by atoms with van der Waals surface area (Å²) in [6.45, 7) is 3.98. The van der Waals surface area contributed by atoms with Gasteiger partial charge in [0.1, 0.15) is 23.3 Å². The molecule has 0 amide bonds. The zero-order valence-electron chi connectivity index (χ0n) is 23.7. The van der Waals surface area contributed by atoms with E-state index in [0.29, 0.717) is 35.3 Å². The molecule has 214 valence electrons. The summed E-state index contributed by atoms with van der Waals surface area (Å²) in [6.07, 6.45) is 1.94. The molecule has 1 heterocycles. The zero-order valence-corrected chi connectivity index (χ0v) is 23.7. The van der Waals surface area contributed by atoms with Gasteiger partial charge in [-0.15, -0.1) is 0 Å². The van der Waals surface area contributed by atoms with E-state index in [1.54, 1.807) is 0 Å². The lowest BCUT2D eigenvalue weighted by atomic mass is 9.82. The van der Waals surface area contributed by atoms with E-state index in [0.717, 1.165) is 75.3 Å². The first kappa shape index (κ1) is 27.4. The summed E-state index contributed by atoms with van der Waals surface area (Å²) >= 11 is 0. The summed E-state index contributed by atoms with van der Waals surface area (Å²) in [5.41, 5.74) is 5.92. The first-order valence-corrected chi connectivity index (χ1v) is 14.7. The highest BCUT2D eigenvalue weighted by molar-refractivity contribution is 6.12. The van der Waals surface area contributed by atoms with Gasteiger partial charge >= 0.3 is 0 Å². The third-order valence-corrected chi connectivity index (χ3v) is 8.60. The predicted molar refractivity (Wildman–Crippen MR) is 167 cm³/mol. The van der Waals surface area contributed by atoms with Gasteiger partial charge in [-0.05, 0) is 104 Å². The Morgan fingerprint density at radius 1 is 0.558 bits per heavy atom. The maximum atomic E-state index is 15.5. The first-order chi connectivity index (χ1) is 20.9. The lowest BCUT2D eigenvalue weighted by molar-refractivity contribution is 0.256. The lowest BCUT2D eigenvalue weighted by Crippen LogP contribution is -2.23. The third-order valence-electron chi connectivity index (χ3n) is 8.60. The third kappa shape index (κ3) is 4.78. The molecular weight excluding hydrogens is 546 g/mol. The number of hydrogen-bond acceptors (Lipinski definition) is 1. The molecule has 7 rings (SSSR count). The molecule has 0 aromatic heterocycles. The zero-order chi connectivity index (χ0) is 29.7. The standard InChI is InChI=1S/C38H29F4N/c1-2-3-16-43-21-33-31(29-14-12-25(39)19-35(29)41)17-23-8-4-6-10-27(23)37(33)38-28-11-7-5-9-24(28)18-32(34(38)22-43)30-15-13-26(40)20-36(30)42/h4-15,17-20H,2-3,16,21-22H2,1H3. The van der Waals surface area contributed by atoms with Crippen molar-refractivity contribution >= 4 is 21.5 Å². The molecule has 0 saturated carbocycles. The second kappa shape index (κ2) is 11.0. The monoisotopic (exact) mass is 575 g/mol. The summed E-state index contributed by atoms with van der Waals surface area (Å²) in [6, 6.07) is 27.5. The number of halogens is 4. The molecule has 0 saturated heterocycles. The molecule has 1 nitrogen and oxygen atoms in total. The molecule has 1 aliphatic rings. The largest absolute Gasteiger partial charge is 0.295 e. The van der Waals surface area contributed by atoms with Crippen molar-refractivity contribution in [1.29, 1.82) is 0 Å². The minimum absolute atomic E-state index is 0.340. The summed E-state index contributed by atoms with van der Waals surface area (Å²) in [7, 11) is 0. The normalized spacial score (nSPS) is 13.2. The minimum Gasteiger partial charge on any atom is -0.295 e. The topological polar surface area (TPSA) is 3.24 Å². The van der Waals surface area contributed by atoms with Crippen LogP contribution in [0.3, 0.4) is 0 Å². The molecule has 1 aliphatic heterocycles. The summed E-state index contributed by atoms with van der Waals surface area (Å²) < 4.78 is 59.1. The molecule has 0 fully saturated rings. The summed E-state index contributed by atoms with van der Waals surface area (Å²) in [5.74, 6) is -2.48. The van der Waals surface area contributed by atoms with Gasteiger partial charge in [-0.25, -0.2) is 17.6 Å². The van der Waals surface area contributed by atoms with Gasteiger partial charge in [-0.1, -0.05) is 61.9 Å². The number of nitrogens with zero attached hydrogens (tertiary/aromatic N) is 1. The smallest absolute Gasteiger partial charge is 0.133 e. The average molecular weight is 576 g/mol. The Morgan fingerprint density at radius 3 is 1.47 bits per heavy atom. The van der Waals surface area contributed by atoms with Crippen LogP contribution < -0.4 is 0 Å². The van der Waals surface area contributed by atoms with Gasteiger partial charge in [0.2, 0.25) is 0 Å². The van der Waals surface area contributed by atoms with Crippen molar-refractivity contribution in [3.8, 4) is 33.4 Å². The predicted octanol–water partition coefficient (Wildman–Crippen LogP) is 10.7. The molecule has 6 aromatic carbocycles. The van der Waals surface area contributed by atoms with Crippen molar-refractivity contribution in [2.75, 3.05) is 6.54 Å². The van der Waals surface area contributed by atoms with E-state index in [1.165, 1.54) is 24.3 Å². The van der Waals surface area contributed by atoms with Crippen LogP contribution in [-0.4, -0.2) is 11.4 Å². The van der Waals surface area contributed by atoms with Crippen LogP contribution in [0.25, 0.3) is 54.9 Å².